The first-order valence-electron chi connectivity index (χ1n) is 5.97. The maximum atomic E-state index is 12.0. The van der Waals surface area contributed by atoms with Gasteiger partial charge in [-0.3, -0.25) is 4.79 Å². The molecule has 0 unspecified atom stereocenters. The minimum atomic E-state index is -0.250. The predicted octanol–water partition coefficient (Wildman–Crippen LogP) is 3.32. The van der Waals surface area contributed by atoms with E-state index in [1.54, 1.807) is 25.3 Å². The van der Waals surface area contributed by atoms with Crippen molar-refractivity contribution in [1.82, 2.24) is 0 Å². The van der Waals surface area contributed by atoms with E-state index in [-0.39, 0.29) is 5.91 Å². The first-order valence-corrected chi connectivity index (χ1v) is 6.76. The van der Waals surface area contributed by atoms with Gasteiger partial charge in [0.2, 0.25) is 0 Å². The summed E-state index contributed by atoms with van der Waals surface area (Å²) < 4.78 is 15.8. The molecule has 20 heavy (non-hydrogen) atoms. The van der Waals surface area contributed by atoms with E-state index in [9.17, 15) is 4.79 Å². The van der Waals surface area contributed by atoms with Crippen molar-refractivity contribution in [3.8, 4) is 5.75 Å². The molecule has 5 nitrogen and oxygen atoms in total. The van der Waals surface area contributed by atoms with Gasteiger partial charge < -0.3 is 19.2 Å². The second-order valence-electron chi connectivity index (χ2n) is 3.93. The summed E-state index contributed by atoms with van der Waals surface area (Å²) in [7, 11) is 1.61. The zero-order chi connectivity index (χ0) is 14.4. The van der Waals surface area contributed by atoms with Gasteiger partial charge in [-0.1, -0.05) is 6.07 Å². The summed E-state index contributed by atoms with van der Waals surface area (Å²) in [5.74, 6) is 0.422. The summed E-state index contributed by atoms with van der Waals surface area (Å²) in [6.07, 6.45) is 1.45. The number of hydrogen-bond acceptors (Lipinski definition) is 4. The molecule has 0 spiro atoms. The second-order valence-corrected chi connectivity index (χ2v) is 4.65. The van der Waals surface area contributed by atoms with Gasteiger partial charge >= 0.3 is 0 Å². The zero-order valence-corrected chi connectivity index (χ0v) is 12.5. The van der Waals surface area contributed by atoms with Gasteiger partial charge in [0.15, 0.2) is 4.67 Å². The van der Waals surface area contributed by atoms with Crippen LogP contribution in [0, 0.1) is 0 Å². The molecule has 0 fully saturated rings. The van der Waals surface area contributed by atoms with Crippen LogP contribution in [-0.2, 0) is 4.74 Å². The van der Waals surface area contributed by atoms with Gasteiger partial charge in [0.05, 0.1) is 18.4 Å². The van der Waals surface area contributed by atoms with Crippen LogP contribution in [0.2, 0.25) is 0 Å². The van der Waals surface area contributed by atoms with Crippen molar-refractivity contribution in [1.29, 1.82) is 0 Å². The maximum absolute atomic E-state index is 12.0. The predicted molar refractivity (Wildman–Crippen MR) is 78.2 cm³/mol. The smallest absolute Gasteiger partial charge is 0.260 e. The lowest BCUT2D eigenvalue weighted by molar-refractivity contribution is 0.102. The lowest BCUT2D eigenvalue weighted by Crippen LogP contribution is -2.11. The highest BCUT2D eigenvalue weighted by atomic mass is 79.9. The Hall–Kier alpha value is -1.79. The maximum Gasteiger partial charge on any atom is 0.260 e. The molecule has 106 valence electrons. The van der Waals surface area contributed by atoms with Crippen LogP contribution in [0.1, 0.15) is 10.4 Å². The first-order chi connectivity index (χ1) is 9.70. The normalized spacial score (nSPS) is 10.3. The molecular formula is C14H14BrNO4. The molecule has 2 rings (SSSR count). The molecule has 1 aromatic heterocycles. The van der Waals surface area contributed by atoms with Crippen molar-refractivity contribution in [2.75, 3.05) is 25.6 Å². The summed E-state index contributed by atoms with van der Waals surface area (Å²) in [4.78, 5) is 12.0. The van der Waals surface area contributed by atoms with Crippen LogP contribution < -0.4 is 10.1 Å². The Morgan fingerprint density at radius 1 is 1.35 bits per heavy atom. The molecule has 2 aromatic rings. The molecule has 0 radical (unpaired) electrons. The number of carbonyl (C=O) groups excluding carboxylic acids is 1. The lowest BCUT2D eigenvalue weighted by Gasteiger charge is -2.08. The molecule has 0 aliphatic carbocycles. The number of methoxy groups -OCH3 is 1. The number of anilines is 1. The van der Waals surface area contributed by atoms with E-state index in [0.29, 0.717) is 34.9 Å². The number of hydrogen-bond donors (Lipinski definition) is 1. The molecule has 0 atom stereocenters. The summed E-state index contributed by atoms with van der Waals surface area (Å²) in [6.45, 7) is 0.972. The number of carbonyl (C=O) groups is 1. The SMILES string of the molecule is COCCOc1cccc(NC(=O)c2ccoc2Br)c1. The third-order valence-electron chi connectivity index (χ3n) is 2.51. The first kappa shape index (κ1) is 14.6. The second kappa shape index (κ2) is 7.12. The number of ether oxygens (including phenoxy) is 2. The van der Waals surface area contributed by atoms with Crippen molar-refractivity contribution < 1.29 is 18.7 Å². The van der Waals surface area contributed by atoms with Crippen LogP contribution in [0.5, 0.6) is 5.75 Å². The Morgan fingerprint density at radius 2 is 2.20 bits per heavy atom. The van der Waals surface area contributed by atoms with E-state index in [4.69, 9.17) is 13.9 Å². The fraction of sp³-hybridized carbons (Fsp3) is 0.214. The molecular weight excluding hydrogens is 326 g/mol. The van der Waals surface area contributed by atoms with E-state index in [1.165, 1.54) is 6.26 Å². The fourth-order valence-corrected chi connectivity index (χ4v) is 1.98. The van der Waals surface area contributed by atoms with Gasteiger partial charge in [-0.2, -0.15) is 0 Å². The fourth-order valence-electron chi connectivity index (χ4n) is 1.56. The molecule has 0 saturated carbocycles. The Labute approximate surface area is 125 Å². The third kappa shape index (κ3) is 3.85. The number of nitrogens with one attached hydrogen (secondary N) is 1. The average molecular weight is 340 g/mol. The van der Waals surface area contributed by atoms with Crippen molar-refractivity contribution in [3.05, 3.63) is 46.8 Å². The minimum absolute atomic E-state index is 0.250. The summed E-state index contributed by atoms with van der Waals surface area (Å²) in [5, 5.41) is 2.78. The van der Waals surface area contributed by atoms with Gasteiger partial charge in [0.25, 0.3) is 5.91 Å². The van der Waals surface area contributed by atoms with Crippen molar-refractivity contribution in [2.45, 2.75) is 0 Å². The number of halogens is 1. The van der Waals surface area contributed by atoms with E-state index < -0.39 is 0 Å². The monoisotopic (exact) mass is 339 g/mol. The quantitative estimate of drug-likeness (QED) is 0.820. The Bertz CT molecular complexity index is 582. The summed E-state index contributed by atoms with van der Waals surface area (Å²) in [5.41, 5.74) is 1.09. The van der Waals surface area contributed by atoms with Crippen molar-refractivity contribution in [3.63, 3.8) is 0 Å². The standard InChI is InChI=1S/C14H14BrNO4/c1-18-7-8-19-11-4-2-3-10(9-11)16-14(17)12-5-6-20-13(12)15/h2-6,9H,7-8H2,1H3,(H,16,17). The third-order valence-corrected chi connectivity index (χ3v) is 3.12. The minimum Gasteiger partial charge on any atom is -0.491 e. The Kier molecular flexibility index (Phi) is 5.20. The highest BCUT2D eigenvalue weighted by molar-refractivity contribution is 9.10. The van der Waals surface area contributed by atoms with Crippen LogP contribution >= 0.6 is 15.9 Å². The highest BCUT2D eigenvalue weighted by Crippen LogP contribution is 2.21. The number of furan rings is 1. The van der Waals surface area contributed by atoms with Crippen molar-refractivity contribution >= 4 is 27.5 Å². The van der Waals surface area contributed by atoms with Crippen LogP contribution in [0.3, 0.4) is 0 Å². The Balaban J connectivity index is 2.01. The van der Waals surface area contributed by atoms with Gasteiger partial charge in [-0.05, 0) is 34.1 Å². The summed E-state index contributed by atoms with van der Waals surface area (Å²) in [6, 6.07) is 8.76. The molecule has 1 amide bonds. The molecule has 0 aliphatic heterocycles. The van der Waals surface area contributed by atoms with Crippen LogP contribution in [-0.4, -0.2) is 26.2 Å². The van der Waals surface area contributed by atoms with Crippen molar-refractivity contribution in [2.24, 2.45) is 0 Å². The largest absolute Gasteiger partial charge is 0.491 e. The average Bonchev–Trinajstić information content (AvgIpc) is 2.86. The number of amides is 1. The van der Waals surface area contributed by atoms with Crippen LogP contribution in [0.15, 0.2) is 45.7 Å². The van der Waals surface area contributed by atoms with E-state index in [2.05, 4.69) is 21.2 Å². The molecule has 1 heterocycles. The topological polar surface area (TPSA) is 60.7 Å². The van der Waals surface area contributed by atoms with Gasteiger partial charge in [-0.15, -0.1) is 0 Å². The number of rotatable bonds is 6. The van der Waals surface area contributed by atoms with Gasteiger partial charge in [-0.25, -0.2) is 0 Å². The van der Waals surface area contributed by atoms with Crippen LogP contribution in [0.25, 0.3) is 0 Å². The van der Waals surface area contributed by atoms with E-state index in [1.807, 2.05) is 12.1 Å². The van der Waals surface area contributed by atoms with Gasteiger partial charge in [0.1, 0.15) is 12.4 Å². The molecule has 1 N–H and O–H groups in total. The summed E-state index contributed by atoms with van der Waals surface area (Å²) >= 11 is 3.17. The Morgan fingerprint density at radius 3 is 2.90 bits per heavy atom. The molecule has 1 aromatic carbocycles. The number of benzene rings is 1. The molecule has 0 aliphatic rings. The highest BCUT2D eigenvalue weighted by Gasteiger charge is 2.12. The molecule has 0 bridgehead atoms. The molecule has 0 saturated heterocycles. The van der Waals surface area contributed by atoms with E-state index >= 15 is 0 Å². The zero-order valence-electron chi connectivity index (χ0n) is 10.9. The molecule has 6 heteroatoms. The van der Waals surface area contributed by atoms with Crippen LogP contribution in [0.4, 0.5) is 5.69 Å². The van der Waals surface area contributed by atoms with E-state index in [0.717, 1.165) is 0 Å². The lowest BCUT2D eigenvalue weighted by atomic mass is 10.2. The van der Waals surface area contributed by atoms with Gasteiger partial charge in [0, 0.05) is 18.9 Å².